The summed E-state index contributed by atoms with van der Waals surface area (Å²) in [5.41, 5.74) is 1.46. The van der Waals surface area contributed by atoms with Crippen LogP contribution in [0, 0.1) is 0 Å². The molecule has 23 heavy (non-hydrogen) atoms. The molecule has 2 aromatic rings. The minimum absolute atomic E-state index is 0.144. The van der Waals surface area contributed by atoms with E-state index in [-0.39, 0.29) is 5.91 Å². The molecule has 0 saturated heterocycles. The van der Waals surface area contributed by atoms with E-state index in [4.69, 9.17) is 21.1 Å². The zero-order chi connectivity index (χ0) is 16.2. The molecule has 1 aliphatic rings. The maximum absolute atomic E-state index is 12.2. The number of halogens is 2. The summed E-state index contributed by atoms with van der Waals surface area (Å²) in [6.45, 7) is 1.55. The number of nitrogens with one attached hydrogen (secondary N) is 1. The molecule has 0 saturated carbocycles. The van der Waals surface area contributed by atoms with E-state index in [1.54, 1.807) is 18.2 Å². The van der Waals surface area contributed by atoms with Gasteiger partial charge in [0.1, 0.15) is 0 Å². The summed E-state index contributed by atoms with van der Waals surface area (Å²) in [6, 6.07) is 10.9. The molecule has 0 atom stereocenters. The second-order valence-corrected chi connectivity index (χ2v) is 6.47. The zero-order valence-corrected chi connectivity index (χ0v) is 14.6. The zero-order valence-electron chi connectivity index (χ0n) is 12.3. The van der Waals surface area contributed by atoms with Gasteiger partial charge >= 0.3 is 0 Å². The van der Waals surface area contributed by atoms with Crippen molar-refractivity contribution in [2.45, 2.75) is 13.0 Å². The van der Waals surface area contributed by atoms with E-state index >= 15 is 0 Å². The Morgan fingerprint density at radius 2 is 2.04 bits per heavy atom. The van der Waals surface area contributed by atoms with Gasteiger partial charge in [0.2, 0.25) is 0 Å². The number of hydrogen-bond donors (Lipinski definition) is 1. The molecule has 4 nitrogen and oxygen atoms in total. The third kappa shape index (κ3) is 3.98. The largest absolute Gasteiger partial charge is 0.489 e. The summed E-state index contributed by atoms with van der Waals surface area (Å²) in [6.07, 6.45) is 0.819. The van der Waals surface area contributed by atoms with Gasteiger partial charge in [-0.05, 0) is 35.9 Å². The molecule has 0 unspecified atom stereocenters. The highest BCUT2D eigenvalue weighted by Crippen LogP contribution is 2.37. The molecule has 0 aromatic heterocycles. The van der Waals surface area contributed by atoms with Gasteiger partial charge in [0.25, 0.3) is 5.91 Å². The molecule has 0 bridgehead atoms. The van der Waals surface area contributed by atoms with Gasteiger partial charge in [0.05, 0.1) is 18.2 Å². The summed E-state index contributed by atoms with van der Waals surface area (Å²) in [7, 11) is 0. The summed E-state index contributed by atoms with van der Waals surface area (Å²) >= 11 is 9.61. The highest BCUT2D eigenvalue weighted by atomic mass is 79.9. The minimum Gasteiger partial charge on any atom is -0.489 e. The highest BCUT2D eigenvalue weighted by molar-refractivity contribution is 9.10. The number of carbonyl (C=O) groups excluding carboxylic acids is 1. The lowest BCUT2D eigenvalue weighted by atomic mass is 10.1. The first-order valence-electron chi connectivity index (χ1n) is 7.25. The molecule has 2 aromatic carbocycles. The molecule has 1 N–H and O–H groups in total. The third-order valence-corrected chi connectivity index (χ3v) is 4.18. The van der Waals surface area contributed by atoms with Crippen LogP contribution in [0.4, 0.5) is 0 Å². The average molecular weight is 397 g/mol. The van der Waals surface area contributed by atoms with Crippen LogP contribution in [0.15, 0.2) is 40.9 Å². The van der Waals surface area contributed by atoms with Crippen molar-refractivity contribution in [3.8, 4) is 11.5 Å². The second kappa shape index (κ2) is 7.23. The van der Waals surface area contributed by atoms with Crippen molar-refractivity contribution >= 4 is 33.4 Å². The standard InChI is InChI=1S/C17H15BrClNO3/c18-13-4-1-3-12(9-13)17(21)20-10-11-7-14(19)16-15(8-11)22-5-2-6-23-16/h1,3-4,7-9H,2,5-6,10H2,(H,20,21). The fraction of sp³-hybridized carbons (Fsp3) is 0.235. The first kappa shape index (κ1) is 16.1. The Bertz CT molecular complexity index is 736. The summed E-state index contributed by atoms with van der Waals surface area (Å²) in [5, 5.41) is 3.37. The monoisotopic (exact) mass is 395 g/mol. The maximum Gasteiger partial charge on any atom is 0.251 e. The quantitative estimate of drug-likeness (QED) is 0.846. The summed E-state index contributed by atoms with van der Waals surface area (Å²) in [4.78, 5) is 12.2. The van der Waals surface area contributed by atoms with Gasteiger partial charge in [0, 0.05) is 23.0 Å². The normalized spacial score (nSPS) is 13.3. The van der Waals surface area contributed by atoms with Gasteiger partial charge in [-0.3, -0.25) is 4.79 Å². The SMILES string of the molecule is O=C(NCc1cc(Cl)c2c(c1)OCCCO2)c1cccc(Br)c1. The van der Waals surface area contributed by atoms with Gasteiger partial charge in [0.15, 0.2) is 11.5 Å². The van der Waals surface area contributed by atoms with Gasteiger partial charge < -0.3 is 14.8 Å². The summed E-state index contributed by atoms with van der Waals surface area (Å²) < 4.78 is 12.1. The predicted octanol–water partition coefficient (Wildman–Crippen LogP) is 4.19. The van der Waals surface area contributed by atoms with E-state index in [1.807, 2.05) is 18.2 Å². The van der Waals surface area contributed by atoms with Crippen LogP contribution in [-0.4, -0.2) is 19.1 Å². The fourth-order valence-corrected chi connectivity index (χ4v) is 2.99. The van der Waals surface area contributed by atoms with Crippen LogP contribution in [0.2, 0.25) is 5.02 Å². The van der Waals surface area contributed by atoms with Crippen LogP contribution < -0.4 is 14.8 Å². The van der Waals surface area contributed by atoms with E-state index in [0.717, 1.165) is 16.5 Å². The van der Waals surface area contributed by atoms with Crippen LogP contribution in [0.25, 0.3) is 0 Å². The van der Waals surface area contributed by atoms with Crippen molar-refractivity contribution in [3.05, 3.63) is 57.0 Å². The Hall–Kier alpha value is -1.72. The predicted molar refractivity (Wildman–Crippen MR) is 92.4 cm³/mol. The summed E-state index contributed by atoms with van der Waals surface area (Å²) in [5.74, 6) is 1.06. The van der Waals surface area contributed by atoms with Crippen molar-refractivity contribution in [1.29, 1.82) is 0 Å². The van der Waals surface area contributed by atoms with Gasteiger partial charge in [-0.2, -0.15) is 0 Å². The van der Waals surface area contributed by atoms with Crippen LogP contribution in [0.1, 0.15) is 22.3 Å². The Morgan fingerprint density at radius 1 is 1.22 bits per heavy atom. The Labute approximate surface area is 147 Å². The lowest BCUT2D eigenvalue weighted by molar-refractivity contribution is 0.0951. The maximum atomic E-state index is 12.2. The van der Waals surface area contributed by atoms with Gasteiger partial charge in [-0.15, -0.1) is 0 Å². The molecule has 3 rings (SSSR count). The van der Waals surface area contributed by atoms with Crippen molar-refractivity contribution in [1.82, 2.24) is 5.32 Å². The second-order valence-electron chi connectivity index (χ2n) is 5.15. The number of hydrogen-bond acceptors (Lipinski definition) is 3. The highest BCUT2D eigenvalue weighted by Gasteiger charge is 2.16. The Kier molecular flexibility index (Phi) is 5.08. The van der Waals surface area contributed by atoms with E-state index in [1.165, 1.54) is 0 Å². The number of fused-ring (bicyclic) bond motifs is 1. The fourth-order valence-electron chi connectivity index (χ4n) is 2.30. The number of ether oxygens (including phenoxy) is 2. The number of amides is 1. The number of carbonyl (C=O) groups is 1. The lowest BCUT2D eigenvalue weighted by Crippen LogP contribution is -2.22. The third-order valence-electron chi connectivity index (χ3n) is 3.40. The van der Waals surface area contributed by atoms with Crippen LogP contribution >= 0.6 is 27.5 Å². The molecule has 0 radical (unpaired) electrons. The molecule has 1 amide bonds. The molecule has 6 heteroatoms. The molecule has 1 aliphatic heterocycles. The van der Waals surface area contributed by atoms with E-state index < -0.39 is 0 Å². The van der Waals surface area contributed by atoms with Crippen LogP contribution in [-0.2, 0) is 6.54 Å². The number of rotatable bonds is 3. The first-order valence-corrected chi connectivity index (χ1v) is 8.42. The molecule has 0 fully saturated rings. The van der Waals surface area contributed by atoms with Crippen molar-refractivity contribution < 1.29 is 14.3 Å². The number of benzene rings is 2. The molecule has 0 spiro atoms. The van der Waals surface area contributed by atoms with Crippen molar-refractivity contribution in [3.63, 3.8) is 0 Å². The first-order chi connectivity index (χ1) is 11.1. The molecule has 0 aliphatic carbocycles. The van der Waals surface area contributed by atoms with Crippen molar-refractivity contribution in [2.24, 2.45) is 0 Å². The van der Waals surface area contributed by atoms with Gasteiger partial charge in [-0.25, -0.2) is 0 Å². The Morgan fingerprint density at radius 3 is 2.87 bits per heavy atom. The Balaban J connectivity index is 1.72. The topological polar surface area (TPSA) is 47.6 Å². The smallest absolute Gasteiger partial charge is 0.251 e. The van der Waals surface area contributed by atoms with Crippen LogP contribution in [0.3, 0.4) is 0 Å². The molecule has 120 valence electrons. The molecular formula is C17H15BrClNO3. The minimum atomic E-state index is -0.144. The average Bonchev–Trinajstić information content (AvgIpc) is 2.78. The van der Waals surface area contributed by atoms with E-state index in [2.05, 4.69) is 21.2 Å². The lowest BCUT2D eigenvalue weighted by Gasteiger charge is -2.12. The molecular weight excluding hydrogens is 382 g/mol. The molecule has 1 heterocycles. The van der Waals surface area contributed by atoms with E-state index in [9.17, 15) is 4.79 Å². The van der Waals surface area contributed by atoms with Crippen LogP contribution in [0.5, 0.6) is 11.5 Å². The van der Waals surface area contributed by atoms with Gasteiger partial charge in [-0.1, -0.05) is 33.6 Å². The van der Waals surface area contributed by atoms with E-state index in [0.29, 0.717) is 41.8 Å². The van der Waals surface area contributed by atoms with Crippen molar-refractivity contribution in [2.75, 3.05) is 13.2 Å².